The van der Waals surface area contributed by atoms with Gasteiger partial charge in [-0.1, -0.05) is 0 Å². The number of carbonyl (C=O) groups excluding carboxylic acids is 4. The minimum Gasteiger partial charge on any atom is -0.383 e. The molecule has 0 spiro atoms. The Hall–Kier alpha value is -2.12. The van der Waals surface area contributed by atoms with Crippen LogP contribution in [0.5, 0.6) is 0 Å². The summed E-state index contributed by atoms with van der Waals surface area (Å²) in [4.78, 5) is 54.4. The fourth-order valence-corrected chi connectivity index (χ4v) is 5.51. The van der Waals surface area contributed by atoms with Crippen LogP contribution in [0.15, 0.2) is 0 Å². The monoisotopic (exact) mass is 611 g/mol. The number of likely N-dealkylation sites (tertiary alicyclic amines) is 3. The van der Waals surface area contributed by atoms with E-state index in [1.165, 1.54) is 6.92 Å². The highest BCUT2D eigenvalue weighted by Gasteiger charge is 2.27. The zero-order valence-electron chi connectivity index (χ0n) is 28.1. The van der Waals surface area contributed by atoms with Crippen molar-refractivity contribution in [3.05, 3.63) is 0 Å². The van der Waals surface area contributed by atoms with E-state index in [0.717, 1.165) is 90.5 Å². The minimum absolute atomic E-state index is 0.00866. The average Bonchev–Trinajstić information content (AvgIpc) is 3.36. The Kier molecular flexibility index (Phi) is 20.3. The average molecular weight is 612 g/mol. The molecule has 3 aliphatic rings. The van der Waals surface area contributed by atoms with Crippen LogP contribution < -0.4 is 16.0 Å². The fourth-order valence-electron chi connectivity index (χ4n) is 5.51. The predicted molar refractivity (Wildman–Crippen MR) is 171 cm³/mol. The normalized spacial score (nSPS) is 23.5. The van der Waals surface area contributed by atoms with Crippen LogP contribution >= 0.6 is 0 Å². The molecule has 0 aliphatic carbocycles. The number of amides is 3. The van der Waals surface area contributed by atoms with Crippen molar-refractivity contribution in [2.75, 3.05) is 94.8 Å². The van der Waals surface area contributed by atoms with E-state index in [1.54, 1.807) is 19.1 Å². The lowest BCUT2D eigenvalue weighted by Crippen LogP contribution is -2.45. The van der Waals surface area contributed by atoms with Gasteiger partial charge in [0.2, 0.25) is 17.7 Å². The molecular weight excluding hydrogens is 550 g/mol. The van der Waals surface area contributed by atoms with Crippen LogP contribution in [0, 0.1) is 0 Å². The third-order valence-corrected chi connectivity index (χ3v) is 8.18. The van der Waals surface area contributed by atoms with E-state index in [1.807, 2.05) is 38.0 Å². The molecule has 0 radical (unpaired) electrons. The van der Waals surface area contributed by atoms with Gasteiger partial charge in [-0.15, -0.1) is 0 Å². The Morgan fingerprint density at radius 3 is 1.49 bits per heavy atom. The molecule has 3 fully saturated rings. The first-order valence-corrected chi connectivity index (χ1v) is 16.1. The molecule has 43 heavy (non-hydrogen) atoms. The number of hydrogen-bond donors (Lipinski definition) is 3. The maximum Gasteiger partial charge on any atom is 0.240 e. The van der Waals surface area contributed by atoms with Crippen LogP contribution in [-0.2, 0) is 23.9 Å². The van der Waals surface area contributed by atoms with E-state index in [0.29, 0.717) is 13.2 Å². The Balaban J connectivity index is 0.000000323. The summed E-state index contributed by atoms with van der Waals surface area (Å²) in [7, 11) is 11.3. The second kappa shape index (κ2) is 22.4. The first-order chi connectivity index (χ1) is 20.6. The molecule has 0 aromatic carbocycles. The van der Waals surface area contributed by atoms with Gasteiger partial charge >= 0.3 is 0 Å². The highest BCUT2D eigenvalue weighted by atomic mass is 16.5. The van der Waals surface area contributed by atoms with Gasteiger partial charge in [0.25, 0.3) is 0 Å². The number of likely N-dealkylation sites (N-methyl/N-ethyl adjacent to an activating group) is 4. The summed E-state index contributed by atoms with van der Waals surface area (Å²) in [6.45, 7) is 7.44. The SMILES string of the molecule is CNC1CCCCN(CC(C)=O)C1=O.CNC1CCCCN(CCN(C)C)C1=O.CNC1CCCCN(CCOC)C1=O. The van der Waals surface area contributed by atoms with Gasteiger partial charge < -0.3 is 40.3 Å². The molecule has 3 saturated heterocycles. The van der Waals surface area contributed by atoms with Crippen LogP contribution in [0.25, 0.3) is 0 Å². The molecule has 3 N–H and O–H groups in total. The summed E-state index contributed by atoms with van der Waals surface area (Å²) in [5, 5.41) is 9.17. The molecule has 3 rings (SSSR count). The van der Waals surface area contributed by atoms with E-state index in [2.05, 4.69) is 20.9 Å². The van der Waals surface area contributed by atoms with Gasteiger partial charge in [-0.3, -0.25) is 19.2 Å². The summed E-state index contributed by atoms with van der Waals surface area (Å²) in [6.07, 6.45) is 9.38. The van der Waals surface area contributed by atoms with Crippen molar-refractivity contribution in [1.82, 2.24) is 35.6 Å². The summed E-state index contributed by atoms with van der Waals surface area (Å²) in [5.41, 5.74) is 0. The fraction of sp³-hybridized carbons (Fsp3) is 0.871. The van der Waals surface area contributed by atoms with Crippen LogP contribution in [0.4, 0.5) is 0 Å². The number of nitrogens with zero attached hydrogens (tertiary/aromatic N) is 4. The number of methoxy groups -OCH3 is 1. The van der Waals surface area contributed by atoms with Crippen LogP contribution in [-0.4, -0.2) is 156 Å². The topological polar surface area (TPSA) is 127 Å². The largest absolute Gasteiger partial charge is 0.383 e. The van der Waals surface area contributed by atoms with Crippen molar-refractivity contribution in [1.29, 1.82) is 0 Å². The van der Waals surface area contributed by atoms with E-state index in [9.17, 15) is 19.2 Å². The van der Waals surface area contributed by atoms with E-state index < -0.39 is 0 Å². The van der Waals surface area contributed by atoms with E-state index in [4.69, 9.17) is 4.74 Å². The molecule has 3 heterocycles. The van der Waals surface area contributed by atoms with Crippen molar-refractivity contribution in [2.24, 2.45) is 0 Å². The highest BCUT2D eigenvalue weighted by molar-refractivity contribution is 5.87. The summed E-state index contributed by atoms with van der Waals surface area (Å²) in [6, 6.07) is -0.0548. The lowest BCUT2D eigenvalue weighted by Gasteiger charge is -2.25. The summed E-state index contributed by atoms with van der Waals surface area (Å²) < 4.78 is 4.99. The van der Waals surface area contributed by atoms with Gasteiger partial charge in [0, 0.05) is 46.4 Å². The minimum atomic E-state index is -0.100. The zero-order valence-corrected chi connectivity index (χ0v) is 28.1. The maximum absolute atomic E-state index is 12.0. The van der Waals surface area contributed by atoms with Crippen molar-refractivity contribution < 1.29 is 23.9 Å². The van der Waals surface area contributed by atoms with Crippen LogP contribution in [0.3, 0.4) is 0 Å². The molecule has 12 heteroatoms. The van der Waals surface area contributed by atoms with Gasteiger partial charge in [-0.25, -0.2) is 0 Å². The molecule has 0 bridgehead atoms. The smallest absolute Gasteiger partial charge is 0.240 e. The predicted octanol–water partition coefficient (Wildman–Crippen LogP) is 0.558. The van der Waals surface area contributed by atoms with Crippen molar-refractivity contribution in [2.45, 2.75) is 82.8 Å². The molecule has 3 atom stereocenters. The third-order valence-electron chi connectivity index (χ3n) is 8.18. The summed E-state index contributed by atoms with van der Waals surface area (Å²) in [5.74, 6) is 0.620. The van der Waals surface area contributed by atoms with Crippen molar-refractivity contribution >= 4 is 23.5 Å². The second-order valence-corrected chi connectivity index (χ2v) is 11.9. The van der Waals surface area contributed by atoms with E-state index >= 15 is 0 Å². The number of Topliss-reactive ketones (excluding diaryl/α,β-unsaturated/α-hetero) is 1. The number of ether oxygens (including phenoxy) is 1. The number of rotatable bonds is 11. The van der Waals surface area contributed by atoms with Gasteiger partial charge in [0.1, 0.15) is 5.78 Å². The summed E-state index contributed by atoms with van der Waals surface area (Å²) >= 11 is 0. The van der Waals surface area contributed by atoms with Crippen molar-refractivity contribution in [3.63, 3.8) is 0 Å². The lowest BCUT2D eigenvalue weighted by atomic mass is 10.1. The number of carbonyl (C=O) groups is 4. The Morgan fingerprint density at radius 1 is 0.721 bits per heavy atom. The van der Waals surface area contributed by atoms with Gasteiger partial charge in [-0.2, -0.15) is 0 Å². The zero-order chi connectivity index (χ0) is 32.2. The first kappa shape index (κ1) is 38.9. The standard InChI is InChI=1S/C11H23N3O.C10H20N2O2.C10H18N2O2/c1-12-10-6-4-5-7-14(11(10)15)9-8-13(2)3;1-11-9-5-3-4-6-12(10(9)13)7-8-14-2;1-8(13)7-12-6-4-3-5-9(11-2)10(12)14/h10,12H,4-9H2,1-3H3;9,11H,3-8H2,1-2H3;9,11H,3-7H2,1-2H3. The second-order valence-electron chi connectivity index (χ2n) is 11.9. The molecule has 0 aromatic heterocycles. The third kappa shape index (κ3) is 14.9. The van der Waals surface area contributed by atoms with Gasteiger partial charge in [0.05, 0.1) is 31.3 Å². The Bertz CT molecular complexity index is 828. The lowest BCUT2D eigenvalue weighted by molar-refractivity contribution is -0.136. The van der Waals surface area contributed by atoms with Crippen molar-refractivity contribution in [3.8, 4) is 0 Å². The first-order valence-electron chi connectivity index (χ1n) is 16.1. The Labute approximate surface area is 260 Å². The quantitative estimate of drug-likeness (QED) is 0.307. The van der Waals surface area contributed by atoms with Gasteiger partial charge in [0.15, 0.2) is 0 Å². The molecule has 12 nitrogen and oxygen atoms in total. The highest BCUT2D eigenvalue weighted by Crippen LogP contribution is 2.13. The number of hydrogen-bond acceptors (Lipinski definition) is 9. The Morgan fingerprint density at radius 2 is 1.12 bits per heavy atom. The number of ketones is 1. The maximum atomic E-state index is 12.0. The van der Waals surface area contributed by atoms with Gasteiger partial charge in [-0.05, 0) is 99.9 Å². The molecule has 3 amide bonds. The molecule has 0 aromatic rings. The molecule has 250 valence electrons. The van der Waals surface area contributed by atoms with E-state index in [-0.39, 0.29) is 48.2 Å². The van der Waals surface area contributed by atoms with Crippen LogP contribution in [0.1, 0.15) is 64.7 Å². The molecule has 0 saturated carbocycles. The molecule has 3 aliphatic heterocycles. The molecular formula is C31H61N7O5. The van der Waals surface area contributed by atoms with Crippen LogP contribution in [0.2, 0.25) is 0 Å². The number of nitrogens with one attached hydrogen (secondary N) is 3. The molecule has 3 unspecified atom stereocenters.